The van der Waals surface area contributed by atoms with E-state index < -0.39 is 0 Å². The Hall–Kier alpha value is -1.49. The van der Waals surface area contributed by atoms with Gasteiger partial charge in [-0.15, -0.1) is 0 Å². The van der Waals surface area contributed by atoms with E-state index in [9.17, 15) is 0 Å². The number of hydrogen-bond donors (Lipinski definition) is 1. The Morgan fingerprint density at radius 3 is 2.88 bits per heavy atom. The highest BCUT2D eigenvalue weighted by atomic mass is 79.9. The fourth-order valence-electron chi connectivity index (χ4n) is 1.57. The fraction of sp³-hybridized carbons (Fsp3) is 0.182. The highest BCUT2D eigenvalue weighted by Crippen LogP contribution is 2.31. The first-order valence-corrected chi connectivity index (χ1v) is 5.91. The van der Waals surface area contributed by atoms with E-state index in [1.807, 2.05) is 31.3 Å². The van der Waals surface area contributed by atoms with Gasteiger partial charge in [0.05, 0.1) is 5.69 Å². The van der Waals surface area contributed by atoms with Crippen molar-refractivity contribution in [2.24, 2.45) is 7.05 Å². The van der Waals surface area contributed by atoms with Crippen LogP contribution in [0.15, 0.2) is 30.5 Å². The van der Waals surface area contributed by atoms with Crippen LogP contribution in [-0.4, -0.2) is 15.3 Å². The average molecular weight is 282 g/mol. The normalized spacial score (nSPS) is 10.4. The Bertz CT molecular complexity index is 496. The minimum absolute atomic E-state index is 0.446. The molecule has 0 bridgehead atoms. The van der Waals surface area contributed by atoms with Crippen molar-refractivity contribution in [2.45, 2.75) is 0 Å². The molecule has 0 atom stereocenters. The van der Waals surface area contributed by atoms with Crippen molar-refractivity contribution >= 4 is 21.6 Å². The van der Waals surface area contributed by atoms with E-state index in [0.717, 1.165) is 17.0 Å². The van der Waals surface area contributed by atoms with Crippen LogP contribution in [0.4, 0.5) is 5.69 Å². The van der Waals surface area contributed by atoms with Gasteiger partial charge >= 0.3 is 0 Å². The largest absolute Gasteiger partial charge is 0.482 e. The lowest BCUT2D eigenvalue weighted by atomic mass is 10.1. The van der Waals surface area contributed by atoms with Gasteiger partial charge in [0.1, 0.15) is 11.3 Å². The summed E-state index contributed by atoms with van der Waals surface area (Å²) in [6, 6.07) is 7.49. The van der Waals surface area contributed by atoms with Crippen LogP contribution in [0, 0.1) is 0 Å². The monoisotopic (exact) mass is 281 g/mol. The maximum absolute atomic E-state index is 5.78. The lowest BCUT2D eigenvalue weighted by molar-refractivity contribution is 0.399. The van der Waals surface area contributed by atoms with Crippen LogP contribution in [0.1, 0.15) is 0 Å². The first-order chi connectivity index (χ1) is 7.72. The summed E-state index contributed by atoms with van der Waals surface area (Å²) in [5.41, 5.74) is 8.85. The van der Waals surface area contributed by atoms with E-state index >= 15 is 0 Å². The molecule has 2 N–H and O–H groups in total. The van der Waals surface area contributed by atoms with E-state index in [2.05, 4.69) is 21.0 Å². The molecule has 4 nitrogen and oxygen atoms in total. The van der Waals surface area contributed by atoms with Gasteiger partial charge in [0.15, 0.2) is 0 Å². The van der Waals surface area contributed by atoms with Crippen molar-refractivity contribution in [2.75, 3.05) is 11.2 Å². The molecule has 0 aliphatic carbocycles. The number of aryl methyl sites for hydroxylation is 1. The molecule has 84 valence electrons. The standard InChI is InChI=1S/C11H12BrN3O/c1-15-10(4-5-14-15)9-6-8(13)2-3-11(9)16-7-12/h2-6H,7,13H2,1H3. The molecule has 0 saturated heterocycles. The molecule has 16 heavy (non-hydrogen) atoms. The smallest absolute Gasteiger partial charge is 0.143 e. The number of aromatic nitrogens is 2. The summed E-state index contributed by atoms with van der Waals surface area (Å²) in [5.74, 6) is 0.787. The number of rotatable bonds is 3. The lowest BCUT2D eigenvalue weighted by Gasteiger charge is -2.10. The molecule has 1 aromatic heterocycles. The summed E-state index contributed by atoms with van der Waals surface area (Å²) in [4.78, 5) is 0. The van der Waals surface area contributed by atoms with E-state index in [1.165, 1.54) is 0 Å². The molecule has 5 heteroatoms. The van der Waals surface area contributed by atoms with Crippen LogP contribution >= 0.6 is 15.9 Å². The Morgan fingerprint density at radius 1 is 1.44 bits per heavy atom. The molecule has 2 aromatic rings. The molecule has 2 rings (SSSR count). The van der Waals surface area contributed by atoms with Crippen LogP contribution in [0.5, 0.6) is 5.75 Å². The Kier molecular flexibility index (Phi) is 3.14. The number of ether oxygens (including phenoxy) is 1. The van der Waals surface area contributed by atoms with Crippen LogP contribution in [0.25, 0.3) is 11.3 Å². The van der Waals surface area contributed by atoms with Gasteiger partial charge in [0, 0.05) is 24.5 Å². The zero-order chi connectivity index (χ0) is 11.5. The average Bonchev–Trinajstić information content (AvgIpc) is 2.67. The highest BCUT2D eigenvalue weighted by Gasteiger charge is 2.09. The molecule has 0 saturated carbocycles. The SMILES string of the molecule is Cn1nccc1-c1cc(N)ccc1OCBr. The third kappa shape index (κ3) is 2.04. The van der Waals surface area contributed by atoms with Gasteiger partial charge in [0.25, 0.3) is 0 Å². The number of nitrogens with zero attached hydrogens (tertiary/aromatic N) is 2. The highest BCUT2D eigenvalue weighted by molar-refractivity contribution is 9.09. The van der Waals surface area contributed by atoms with Gasteiger partial charge in [-0.05, 0) is 40.2 Å². The second-order valence-electron chi connectivity index (χ2n) is 3.35. The number of hydrogen-bond acceptors (Lipinski definition) is 3. The Morgan fingerprint density at radius 2 is 2.25 bits per heavy atom. The van der Waals surface area contributed by atoms with Crippen LogP contribution in [0.3, 0.4) is 0 Å². The van der Waals surface area contributed by atoms with Crippen molar-refractivity contribution < 1.29 is 4.74 Å². The summed E-state index contributed by atoms with van der Waals surface area (Å²) < 4.78 is 7.28. The molecule has 0 fully saturated rings. The van der Waals surface area contributed by atoms with Crippen LogP contribution in [0.2, 0.25) is 0 Å². The van der Waals surface area contributed by atoms with Crippen LogP contribution in [-0.2, 0) is 7.05 Å². The second kappa shape index (κ2) is 4.57. The van der Waals surface area contributed by atoms with Crippen molar-refractivity contribution in [1.82, 2.24) is 9.78 Å². The molecule has 1 heterocycles. The Labute approximate surface area is 102 Å². The zero-order valence-electron chi connectivity index (χ0n) is 8.85. The molecule has 0 aliphatic heterocycles. The molecule has 0 unspecified atom stereocenters. The summed E-state index contributed by atoms with van der Waals surface area (Å²) in [7, 11) is 1.89. The molecule has 0 radical (unpaired) electrons. The lowest BCUT2D eigenvalue weighted by Crippen LogP contribution is -1.98. The summed E-state index contributed by atoms with van der Waals surface area (Å²) in [5, 5.41) is 4.13. The molecule has 0 amide bonds. The fourth-order valence-corrected chi connectivity index (χ4v) is 1.82. The third-order valence-corrected chi connectivity index (χ3v) is 2.54. The molecule has 0 aliphatic rings. The second-order valence-corrected chi connectivity index (χ2v) is 3.81. The summed E-state index contributed by atoms with van der Waals surface area (Å²) in [6.07, 6.45) is 1.75. The van der Waals surface area contributed by atoms with Crippen molar-refractivity contribution in [3.8, 4) is 17.0 Å². The van der Waals surface area contributed by atoms with Gasteiger partial charge in [-0.25, -0.2) is 0 Å². The topological polar surface area (TPSA) is 53.1 Å². The quantitative estimate of drug-likeness (QED) is 0.694. The first-order valence-electron chi connectivity index (χ1n) is 4.79. The van der Waals surface area contributed by atoms with Crippen LogP contribution < -0.4 is 10.5 Å². The maximum atomic E-state index is 5.78. The minimum Gasteiger partial charge on any atom is -0.482 e. The maximum Gasteiger partial charge on any atom is 0.143 e. The van der Waals surface area contributed by atoms with E-state index in [-0.39, 0.29) is 0 Å². The zero-order valence-corrected chi connectivity index (χ0v) is 10.4. The van der Waals surface area contributed by atoms with Gasteiger partial charge in [0.2, 0.25) is 0 Å². The van der Waals surface area contributed by atoms with E-state index in [0.29, 0.717) is 11.2 Å². The number of benzene rings is 1. The minimum atomic E-state index is 0.446. The van der Waals surface area contributed by atoms with Gasteiger partial charge in [-0.3, -0.25) is 4.68 Å². The van der Waals surface area contributed by atoms with Crippen molar-refractivity contribution in [3.05, 3.63) is 30.5 Å². The number of alkyl halides is 1. The number of nitrogen functional groups attached to an aromatic ring is 1. The van der Waals surface area contributed by atoms with E-state index in [1.54, 1.807) is 10.9 Å². The summed E-state index contributed by atoms with van der Waals surface area (Å²) in [6.45, 7) is 0. The molecule has 1 aromatic carbocycles. The molecular formula is C11H12BrN3O. The molecular weight excluding hydrogens is 270 g/mol. The van der Waals surface area contributed by atoms with Gasteiger partial charge in [-0.1, -0.05) is 0 Å². The number of halogens is 1. The predicted molar refractivity (Wildman–Crippen MR) is 67.5 cm³/mol. The number of anilines is 1. The Balaban J connectivity index is 2.53. The van der Waals surface area contributed by atoms with E-state index in [4.69, 9.17) is 10.5 Å². The van der Waals surface area contributed by atoms with Gasteiger partial charge in [-0.2, -0.15) is 5.10 Å². The van der Waals surface area contributed by atoms with Gasteiger partial charge < -0.3 is 10.5 Å². The van der Waals surface area contributed by atoms with Crippen molar-refractivity contribution in [3.63, 3.8) is 0 Å². The number of nitrogens with two attached hydrogens (primary N) is 1. The predicted octanol–water partition coefficient (Wildman–Crippen LogP) is 2.40. The van der Waals surface area contributed by atoms with Crippen molar-refractivity contribution in [1.29, 1.82) is 0 Å². The molecule has 0 spiro atoms. The first kappa shape index (κ1) is 11.0. The third-order valence-electron chi connectivity index (χ3n) is 2.31. The summed E-state index contributed by atoms with van der Waals surface area (Å²) >= 11 is 3.24.